The standard InChI is InChI=1S/C28H32N4O6/c1-4-38-21-16-19(7-8-20(21)33)24-22(25(34)23-18(3)31-9-5-6-17(2)27(31)29-23)26(35)28(36)32(24)11-10-30-12-14-37-15-13-30/h5-9,16,24,33-34H,4,10-15H2,1-3H3. The van der Waals surface area contributed by atoms with Crippen LogP contribution in [0.2, 0.25) is 0 Å². The van der Waals surface area contributed by atoms with E-state index >= 15 is 0 Å². The Labute approximate surface area is 220 Å². The van der Waals surface area contributed by atoms with Gasteiger partial charge in [0.05, 0.1) is 37.1 Å². The molecule has 1 atom stereocenters. The highest BCUT2D eigenvalue weighted by molar-refractivity contribution is 6.46. The second kappa shape index (κ2) is 10.5. The summed E-state index contributed by atoms with van der Waals surface area (Å²) in [7, 11) is 0. The van der Waals surface area contributed by atoms with Gasteiger partial charge in [0.2, 0.25) is 0 Å². The summed E-state index contributed by atoms with van der Waals surface area (Å²) < 4.78 is 12.9. The van der Waals surface area contributed by atoms with Gasteiger partial charge < -0.3 is 29.0 Å². The fourth-order valence-electron chi connectivity index (χ4n) is 5.18. The number of Topliss-reactive ketones (excluding diaryl/α,β-unsaturated/α-hetero) is 1. The fraction of sp³-hybridized carbons (Fsp3) is 0.393. The Balaban J connectivity index is 1.63. The maximum Gasteiger partial charge on any atom is 0.295 e. The summed E-state index contributed by atoms with van der Waals surface area (Å²) in [6, 6.07) is 7.66. The first-order valence-electron chi connectivity index (χ1n) is 12.8. The lowest BCUT2D eigenvalue weighted by Crippen LogP contribution is -2.42. The molecule has 2 aromatic heterocycles. The molecule has 0 saturated carbocycles. The first-order valence-corrected chi connectivity index (χ1v) is 12.8. The number of aromatic hydroxyl groups is 1. The molecule has 4 heterocycles. The minimum Gasteiger partial charge on any atom is -0.505 e. The number of aryl methyl sites for hydroxylation is 2. The number of carbonyl (C=O) groups is 2. The van der Waals surface area contributed by atoms with Gasteiger partial charge in [0.15, 0.2) is 17.3 Å². The topological polar surface area (TPSA) is 117 Å². The van der Waals surface area contributed by atoms with Crippen molar-refractivity contribution in [1.82, 2.24) is 19.2 Å². The molecule has 2 N–H and O–H groups in total. The van der Waals surface area contributed by atoms with Gasteiger partial charge in [-0.15, -0.1) is 0 Å². The van der Waals surface area contributed by atoms with E-state index in [-0.39, 0.29) is 35.1 Å². The zero-order chi connectivity index (χ0) is 27.0. The number of fused-ring (bicyclic) bond motifs is 1. The van der Waals surface area contributed by atoms with E-state index in [2.05, 4.69) is 9.88 Å². The number of pyridine rings is 1. The number of phenolic OH excluding ortho intramolecular Hbond substituents is 1. The summed E-state index contributed by atoms with van der Waals surface area (Å²) in [5.41, 5.74) is 2.99. The van der Waals surface area contributed by atoms with Gasteiger partial charge in [-0.2, -0.15) is 0 Å². The summed E-state index contributed by atoms with van der Waals surface area (Å²) in [4.78, 5) is 35.2. The number of rotatable bonds is 7. The molecule has 200 valence electrons. The molecule has 38 heavy (non-hydrogen) atoms. The molecule has 0 aliphatic carbocycles. The van der Waals surface area contributed by atoms with Gasteiger partial charge in [0, 0.05) is 32.4 Å². The third kappa shape index (κ3) is 4.50. The number of amides is 1. The Hall–Kier alpha value is -3.89. The van der Waals surface area contributed by atoms with Crippen molar-refractivity contribution < 1.29 is 29.3 Å². The smallest absolute Gasteiger partial charge is 0.295 e. The van der Waals surface area contributed by atoms with Crippen LogP contribution in [0.15, 0.2) is 42.1 Å². The molecule has 1 unspecified atom stereocenters. The van der Waals surface area contributed by atoms with Gasteiger partial charge in [0.1, 0.15) is 11.3 Å². The lowest BCUT2D eigenvalue weighted by molar-refractivity contribution is -0.140. The third-order valence-electron chi connectivity index (χ3n) is 7.21. The number of benzene rings is 1. The summed E-state index contributed by atoms with van der Waals surface area (Å²) in [6.45, 7) is 9.39. The van der Waals surface area contributed by atoms with Crippen LogP contribution in [0.1, 0.15) is 35.5 Å². The zero-order valence-corrected chi connectivity index (χ0v) is 21.8. The first-order chi connectivity index (χ1) is 18.3. The average molecular weight is 521 g/mol. The van der Waals surface area contributed by atoms with Crippen LogP contribution in [0.3, 0.4) is 0 Å². The number of morpholine rings is 1. The van der Waals surface area contributed by atoms with Crippen molar-refractivity contribution >= 4 is 23.1 Å². The molecular formula is C28H32N4O6. The summed E-state index contributed by atoms with van der Waals surface area (Å²) in [5.74, 6) is -1.59. The molecule has 2 aliphatic heterocycles. The molecule has 2 saturated heterocycles. The average Bonchev–Trinajstić information content (AvgIpc) is 3.39. The Morgan fingerprint density at radius 3 is 2.63 bits per heavy atom. The minimum atomic E-state index is -0.874. The fourth-order valence-corrected chi connectivity index (χ4v) is 5.18. The monoisotopic (exact) mass is 520 g/mol. The van der Waals surface area contributed by atoms with Crippen LogP contribution >= 0.6 is 0 Å². The van der Waals surface area contributed by atoms with Crippen molar-refractivity contribution in [3.63, 3.8) is 0 Å². The van der Waals surface area contributed by atoms with Gasteiger partial charge in [-0.3, -0.25) is 14.5 Å². The van der Waals surface area contributed by atoms with Gasteiger partial charge in [0.25, 0.3) is 11.7 Å². The SMILES string of the molecule is CCOc1cc(C2C(=C(O)c3nc4c(C)cccn4c3C)C(=O)C(=O)N2CCN2CCOCC2)ccc1O. The molecule has 10 heteroatoms. The summed E-state index contributed by atoms with van der Waals surface area (Å²) in [6.07, 6.45) is 1.84. The van der Waals surface area contributed by atoms with E-state index in [0.717, 1.165) is 18.7 Å². The summed E-state index contributed by atoms with van der Waals surface area (Å²) in [5, 5.41) is 21.9. The van der Waals surface area contributed by atoms with E-state index < -0.39 is 17.7 Å². The minimum absolute atomic E-state index is 0.0331. The van der Waals surface area contributed by atoms with E-state index in [0.29, 0.717) is 43.3 Å². The van der Waals surface area contributed by atoms with Gasteiger partial charge in [-0.25, -0.2) is 4.98 Å². The van der Waals surface area contributed by atoms with Crippen molar-refractivity contribution in [2.24, 2.45) is 0 Å². The Kier molecular flexibility index (Phi) is 7.09. The maximum atomic E-state index is 13.5. The van der Waals surface area contributed by atoms with E-state index in [1.165, 1.54) is 11.0 Å². The number of hydrogen-bond donors (Lipinski definition) is 2. The van der Waals surface area contributed by atoms with E-state index in [1.807, 2.05) is 36.6 Å². The lowest BCUT2D eigenvalue weighted by atomic mass is 9.96. The number of likely N-dealkylation sites (tertiary alicyclic amines) is 1. The zero-order valence-electron chi connectivity index (χ0n) is 21.8. The van der Waals surface area contributed by atoms with Crippen LogP contribution in [0.4, 0.5) is 0 Å². The molecule has 1 aromatic carbocycles. The molecule has 2 fully saturated rings. The number of carbonyl (C=O) groups excluding carboxylic acids is 2. The predicted molar refractivity (Wildman–Crippen MR) is 140 cm³/mol. The van der Waals surface area contributed by atoms with Gasteiger partial charge in [-0.05, 0) is 50.1 Å². The second-order valence-corrected chi connectivity index (χ2v) is 9.54. The molecule has 0 radical (unpaired) electrons. The Morgan fingerprint density at radius 2 is 1.92 bits per heavy atom. The number of phenols is 1. The number of aliphatic hydroxyl groups excluding tert-OH is 1. The highest BCUT2D eigenvalue weighted by atomic mass is 16.5. The van der Waals surface area contributed by atoms with Crippen LogP contribution in [0.25, 0.3) is 11.4 Å². The van der Waals surface area contributed by atoms with E-state index in [9.17, 15) is 19.8 Å². The number of aromatic nitrogens is 2. The molecular weight excluding hydrogens is 488 g/mol. The Bertz CT molecular complexity index is 1420. The normalized spacial score (nSPS) is 20.0. The van der Waals surface area contributed by atoms with Crippen LogP contribution in [-0.2, 0) is 14.3 Å². The molecule has 0 spiro atoms. The summed E-state index contributed by atoms with van der Waals surface area (Å²) >= 11 is 0. The second-order valence-electron chi connectivity index (χ2n) is 9.54. The molecule has 1 amide bonds. The quantitative estimate of drug-likeness (QED) is 0.278. The highest BCUT2D eigenvalue weighted by Gasteiger charge is 2.46. The van der Waals surface area contributed by atoms with Crippen LogP contribution in [0, 0.1) is 13.8 Å². The Morgan fingerprint density at radius 1 is 1.16 bits per heavy atom. The van der Waals surface area contributed by atoms with E-state index in [4.69, 9.17) is 9.47 Å². The largest absolute Gasteiger partial charge is 0.505 e. The number of imidazole rings is 1. The number of nitrogens with zero attached hydrogens (tertiary/aromatic N) is 4. The molecule has 0 bridgehead atoms. The molecule has 3 aromatic rings. The van der Waals surface area contributed by atoms with E-state index in [1.54, 1.807) is 19.1 Å². The number of ketones is 1. The number of aliphatic hydroxyl groups is 1. The van der Waals surface area contributed by atoms with Crippen molar-refractivity contribution in [3.8, 4) is 11.5 Å². The van der Waals surface area contributed by atoms with Gasteiger partial charge in [-0.1, -0.05) is 12.1 Å². The highest BCUT2D eigenvalue weighted by Crippen LogP contribution is 2.42. The molecule has 10 nitrogen and oxygen atoms in total. The predicted octanol–water partition coefficient (Wildman–Crippen LogP) is 2.81. The van der Waals surface area contributed by atoms with Crippen molar-refractivity contribution in [1.29, 1.82) is 0 Å². The van der Waals surface area contributed by atoms with Crippen LogP contribution < -0.4 is 4.74 Å². The number of ether oxygens (including phenoxy) is 2. The number of hydrogen-bond acceptors (Lipinski definition) is 8. The molecule has 2 aliphatic rings. The van der Waals surface area contributed by atoms with Crippen molar-refractivity contribution in [3.05, 3.63) is 64.6 Å². The van der Waals surface area contributed by atoms with Crippen molar-refractivity contribution in [2.75, 3.05) is 46.0 Å². The lowest BCUT2D eigenvalue weighted by Gasteiger charge is -2.31. The first kappa shape index (κ1) is 25.7. The molecule has 5 rings (SSSR count). The van der Waals surface area contributed by atoms with Crippen LogP contribution in [-0.4, -0.2) is 87.1 Å². The van der Waals surface area contributed by atoms with Gasteiger partial charge >= 0.3 is 0 Å². The third-order valence-corrected chi connectivity index (χ3v) is 7.21. The maximum absolute atomic E-state index is 13.5. The van der Waals surface area contributed by atoms with Crippen molar-refractivity contribution in [2.45, 2.75) is 26.8 Å². The van der Waals surface area contributed by atoms with Crippen LogP contribution in [0.5, 0.6) is 11.5 Å².